The SMILES string of the molecule is CO.[Cl][Fe]([Cl])[Cl]. The molecule has 0 aliphatic rings. The average Bonchev–Trinajstić information content (AvgIpc) is 1.41. The van der Waals surface area contributed by atoms with Crippen LogP contribution in [0.15, 0.2) is 0 Å². The number of aliphatic hydroxyl groups is 1. The van der Waals surface area contributed by atoms with Crippen molar-refractivity contribution in [3.05, 3.63) is 0 Å². The van der Waals surface area contributed by atoms with Gasteiger partial charge in [-0.3, -0.25) is 0 Å². The van der Waals surface area contributed by atoms with E-state index in [1.807, 2.05) is 0 Å². The molecule has 0 aliphatic carbocycles. The van der Waals surface area contributed by atoms with Crippen molar-refractivity contribution >= 4 is 30.3 Å². The van der Waals surface area contributed by atoms with Crippen molar-refractivity contribution in [3.8, 4) is 0 Å². The molecule has 0 rings (SSSR count). The second-order valence-corrected chi connectivity index (χ2v) is 5.62. The van der Waals surface area contributed by atoms with Gasteiger partial charge in [0.15, 0.2) is 0 Å². The Bertz CT molecular complexity index is 15.5. The van der Waals surface area contributed by atoms with Gasteiger partial charge in [0.05, 0.1) is 0 Å². The van der Waals surface area contributed by atoms with Gasteiger partial charge in [0.1, 0.15) is 0 Å². The predicted molar refractivity (Wildman–Crippen MR) is 25.7 cm³/mol. The van der Waals surface area contributed by atoms with Crippen molar-refractivity contribution in [1.82, 2.24) is 0 Å². The third-order valence-corrected chi connectivity index (χ3v) is 0. The van der Waals surface area contributed by atoms with Crippen LogP contribution in [0.25, 0.3) is 0 Å². The van der Waals surface area contributed by atoms with Crippen LogP contribution in [-0.2, 0) is 11.2 Å². The Morgan fingerprint density at radius 1 is 1.17 bits per heavy atom. The Morgan fingerprint density at radius 3 is 1.17 bits per heavy atom. The number of rotatable bonds is 0. The molecule has 0 atom stereocenters. The van der Waals surface area contributed by atoms with E-state index in [2.05, 4.69) is 0 Å². The van der Waals surface area contributed by atoms with E-state index in [0.717, 1.165) is 7.11 Å². The second-order valence-electron chi connectivity index (χ2n) is 0.152. The van der Waals surface area contributed by atoms with Crippen LogP contribution in [0, 0.1) is 0 Å². The zero-order chi connectivity index (χ0) is 5.58. The molecule has 0 aromatic carbocycles. The van der Waals surface area contributed by atoms with Crippen LogP contribution in [0.5, 0.6) is 0 Å². The zero-order valence-electron chi connectivity index (χ0n) is 2.93. The normalized spacial score (nSPS) is 8.50. The van der Waals surface area contributed by atoms with Gasteiger partial charge < -0.3 is 5.11 Å². The fraction of sp³-hybridized carbons (Fsp3) is 1.00. The molecule has 6 heavy (non-hydrogen) atoms. The van der Waals surface area contributed by atoms with Gasteiger partial charge in [-0.2, -0.15) is 0 Å². The maximum absolute atomic E-state index is 7.00. The predicted octanol–water partition coefficient (Wildman–Crippen LogP) is 1.67. The van der Waals surface area contributed by atoms with E-state index < -0.39 is 11.2 Å². The van der Waals surface area contributed by atoms with E-state index in [1.165, 1.54) is 0 Å². The standard InChI is InChI=1S/CH4O.3ClH.Fe/c1-2;;;;/h2H,1H3;3*1H;/q;;;;+3/p-3. The molecule has 0 unspecified atom stereocenters. The first-order chi connectivity index (χ1) is 2.73. The summed E-state index contributed by atoms with van der Waals surface area (Å²) in [5, 5.41) is 7.00. The summed E-state index contributed by atoms with van der Waals surface area (Å²) in [5.74, 6) is 0. The van der Waals surface area contributed by atoms with Gasteiger partial charge in [0.25, 0.3) is 0 Å². The summed E-state index contributed by atoms with van der Waals surface area (Å²) >= 11 is -1.33. The van der Waals surface area contributed by atoms with Gasteiger partial charge >= 0.3 is 41.5 Å². The molecule has 0 spiro atoms. The summed E-state index contributed by atoms with van der Waals surface area (Å²) in [6.45, 7) is 0. The molecule has 5 heteroatoms. The minimum atomic E-state index is -1.33. The van der Waals surface area contributed by atoms with Crippen LogP contribution in [0.3, 0.4) is 0 Å². The average molecular weight is 194 g/mol. The molecule has 1 nitrogen and oxygen atoms in total. The first kappa shape index (κ1) is 10.4. The van der Waals surface area contributed by atoms with Crippen molar-refractivity contribution in [1.29, 1.82) is 0 Å². The van der Waals surface area contributed by atoms with Crippen LogP contribution in [0.4, 0.5) is 0 Å². The third-order valence-electron chi connectivity index (χ3n) is 0. The monoisotopic (exact) mass is 193 g/mol. The van der Waals surface area contributed by atoms with Crippen molar-refractivity contribution in [2.75, 3.05) is 7.11 Å². The number of hydrogen-bond acceptors (Lipinski definition) is 1. The van der Waals surface area contributed by atoms with E-state index in [9.17, 15) is 0 Å². The van der Waals surface area contributed by atoms with Gasteiger partial charge in [-0.1, -0.05) is 0 Å². The van der Waals surface area contributed by atoms with Crippen LogP contribution < -0.4 is 0 Å². The van der Waals surface area contributed by atoms with E-state index in [1.54, 1.807) is 0 Å². The fourth-order valence-corrected chi connectivity index (χ4v) is 0. The van der Waals surface area contributed by atoms with Gasteiger partial charge in [0, 0.05) is 7.11 Å². The summed E-state index contributed by atoms with van der Waals surface area (Å²) in [6, 6.07) is 0. The van der Waals surface area contributed by atoms with Crippen molar-refractivity contribution in [2.45, 2.75) is 0 Å². The molecular formula is CH4Cl3FeO. The Kier molecular flexibility index (Phi) is 16.6. The molecule has 0 bridgehead atoms. The second kappa shape index (κ2) is 9.60. The number of hydrogen-bond donors (Lipinski definition) is 1. The quantitative estimate of drug-likeness (QED) is 0.582. The van der Waals surface area contributed by atoms with Crippen molar-refractivity contribution in [2.24, 2.45) is 0 Å². The van der Waals surface area contributed by atoms with Crippen LogP contribution in [-0.4, -0.2) is 12.2 Å². The molecule has 0 aliphatic heterocycles. The fourth-order valence-electron chi connectivity index (χ4n) is 0. The molecule has 0 saturated heterocycles. The topological polar surface area (TPSA) is 20.2 Å². The molecule has 43 valence electrons. The summed E-state index contributed by atoms with van der Waals surface area (Å²) in [6.07, 6.45) is 0. The Labute approximate surface area is 53.8 Å². The molecule has 0 heterocycles. The molecule has 0 saturated carbocycles. The summed E-state index contributed by atoms with van der Waals surface area (Å²) < 4.78 is 0. The molecule has 0 amide bonds. The summed E-state index contributed by atoms with van der Waals surface area (Å²) in [4.78, 5) is 0. The Balaban J connectivity index is 0. The number of halogens is 3. The van der Waals surface area contributed by atoms with Crippen LogP contribution in [0.2, 0.25) is 0 Å². The third kappa shape index (κ3) is 55.6. The number of aliphatic hydroxyl groups excluding tert-OH is 1. The molecule has 0 radical (unpaired) electrons. The van der Waals surface area contributed by atoms with E-state index in [4.69, 9.17) is 35.4 Å². The van der Waals surface area contributed by atoms with Crippen molar-refractivity contribution < 1.29 is 16.3 Å². The van der Waals surface area contributed by atoms with Crippen LogP contribution >= 0.6 is 30.3 Å². The van der Waals surface area contributed by atoms with Crippen LogP contribution in [0.1, 0.15) is 0 Å². The van der Waals surface area contributed by atoms with Gasteiger partial charge in [-0.05, 0) is 0 Å². The minimum absolute atomic E-state index is 1.00. The maximum atomic E-state index is 7.00. The first-order valence-corrected chi connectivity index (χ1v) is 5.41. The van der Waals surface area contributed by atoms with Gasteiger partial charge in [-0.15, -0.1) is 0 Å². The molecule has 1 N–H and O–H groups in total. The summed E-state index contributed by atoms with van der Waals surface area (Å²) in [7, 11) is 15.7. The van der Waals surface area contributed by atoms with Gasteiger partial charge in [-0.25, -0.2) is 0 Å². The molecular weight excluding hydrogens is 190 g/mol. The Morgan fingerprint density at radius 2 is 1.17 bits per heavy atom. The zero-order valence-corrected chi connectivity index (χ0v) is 6.31. The molecule has 0 fully saturated rings. The van der Waals surface area contributed by atoms with Gasteiger partial charge in [0.2, 0.25) is 0 Å². The van der Waals surface area contributed by atoms with E-state index >= 15 is 0 Å². The Hall–Kier alpha value is 1.35. The molecule has 0 aromatic heterocycles. The van der Waals surface area contributed by atoms with E-state index in [0.29, 0.717) is 0 Å². The summed E-state index contributed by atoms with van der Waals surface area (Å²) in [5.41, 5.74) is 0. The van der Waals surface area contributed by atoms with E-state index in [-0.39, 0.29) is 0 Å². The van der Waals surface area contributed by atoms with Crippen molar-refractivity contribution in [3.63, 3.8) is 0 Å². The first-order valence-electron chi connectivity index (χ1n) is 0.848. The molecule has 0 aromatic rings.